The maximum atomic E-state index is 6.17. The third-order valence-electron chi connectivity index (χ3n) is 3.19. The Balaban J connectivity index is 1.91. The maximum absolute atomic E-state index is 6.17. The summed E-state index contributed by atoms with van der Waals surface area (Å²) in [6.07, 6.45) is 0.786. The third kappa shape index (κ3) is 3.85. The highest BCUT2D eigenvalue weighted by Gasteiger charge is 2.42. The molecule has 0 radical (unpaired) electrons. The SMILES string of the molecule is COCCOC1C(Cl)CC1Oc1ccc(Br)cc1C. The molecule has 1 saturated carbocycles. The molecule has 3 nitrogen and oxygen atoms in total. The van der Waals surface area contributed by atoms with Gasteiger partial charge in [-0.25, -0.2) is 0 Å². The van der Waals surface area contributed by atoms with E-state index in [1.807, 2.05) is 25.1 Å². The minimum atomic E-state index is -0.0557. The Labute approximate surface area is 127 Å². The van der Waals surface area contributed by atoms with Gasteiger partial charge in [-0.05, 0) is 30.7 Å². The van der Waals surface area contributed by atoms with E-state index in [0.29, 0.717) is 13.2 Å². The van der Waals surface area contributed by atoms with E-state index in [9.17, 15) is 0 Å². The number of alkyl halides is 1. The normalized spacial score (nSPS) is 26.0. The van der Waals surface area contributed by atoms with Crippen molar-refractivity contribution in [2.24, 2.45) is 0 Å². The Morgan fingerprint density at radius 2 is 2.16 bits per heavy atom. The van der Waals surface area contributed by atoms with Gasteiger partial charge in [-0.1, -0.05) is 15.9 Å². The van der Waals surface area contributed by atoms with E-state index in [4.69, 9.17) is 25.8 Å². The van der Waals surface area contributed by atoms with E-state index >= 15 is 0 Å². The van der Waals surface area contributed by atoms with E-state index in [0.717, 1.165) is 22.2 Å². The lowest BCUT2D eigenvalue weighted by atomic mass is 9.91. The largest absolute Gasteiger partial charge is 0.487 e. The molecular formula is C14H18BrClO3. The van der Waals surface area contributed by atoms with Crippen molar-refractivity contribution in [2.75, 3.05) is 20.3 Å². The van der Waals surface area contributed by atoms with Crippen LogP contribution in [0.4, 0.5) is 0 Å². The Morgan fingerprint density at radius 1 is 1.37 bits per heavy atom. The first-order valence-corrected chi connectivity index (χ1v) is 7.52. The highest BCUT2D eigenvalue weighted by molar-refractivity contribution is 9.10. The van der Waals surface area contributed by atoms with Gasteiger partial charge in [0.25, 0.3) is 0 Å². The molecule has 0 amide bonds. The lowest BCUT2D eigenvalue weighted by Gasteiger charge is -2.40. The monoisotopic (exact) mass is 348 g/mol. The lowest BCUT2D eigenvalue weighted by Crippen LogP contribution is -2.53. The summed E-state index contributed by atoms with van der Waals surface area (Å²) in [6, 6.07) is 5.97. The molecule has 1 fully saturated rings. The number of halogens is 2. The summed E-state index contributed by atoms with van der Waals surface area (Å²) in [6.45, 7) is 3.14. The number of ether oxygens (including phenoxy) is 3. The average Bonchev–Trinajstić information content (AvgIpc) is 2.37. The van der Waals surface area contributed by atoms with Gasteiger partial charge in [0, 0.05) is 18.0 Å². The van der Waals surface area contributed by atoms with Gasteiger partial charge in [0.1, 0.15) is 18.0 Å². The molecule has 1 aliphatic carbocycles. The Morgan fingerprint density at radius 3 is 2.79 bits per heavy atom. The topological polar surface area (TPSA) is 27.7 Å². The van der Waals surface area contributed by atoms with Gasteiger partial charge in [0.15, 0.2) is 0 Å². The fourth-order valence-corrected chi connectivity index (χ4v) is 2.92. The molecule has 3 atom stereocenters. The van der Waals surface area contributed by atoms with Crippen LogP contribution in [0.2, 0.25) is 0 Å². The molecule has 1 aromatic rings. The maximum Gasteiger partial charge on any atom is 0.128 e. The second kappa shape index (κ2) is 6.93. The summed E-state index contributed by atoms with van der Waals surface area (Å²) in [5.74, 6) is 0.886. The van der Waals surface area contributed by atoms with Crippen LogP contribution < -0.4 is 4.74 Å². The van der Waals surface area contributed by atoms with Crippen LogP contribution in [-0.4, -0.2) is 37.9 Å². The summed E-state index contributed by atoms with van der Waals surface area (Å²) < 4.78 is 17.7. The standard InChI is InChI=1S/C14H18BrClO3/c1-9-7-10(15)3-4-12(9)19-13-8-11(16)14(13)18-6-5-17-2/h3-4,7,11,13-14H,5-6,8H2,1-2H3. The minimum absolute atomic E-state index is 0.0256. The van der Waals surface area contributed by atoms with Gasteiger partial charge < -0.3 is 14.2 Å². The molecule has 0 saturated heterocycles. The zero-order valence-corrected chi connectivity index (χ0v) is 13.4. The molecule has 0 bridgehead atoms. The van der Waals surface area contributed by atoms with E-state index in [-0.39, 0.29) is 17.6 Å². The lowest BCUT2D eigenvalue weighted by molar-refractivity contribution is -0.0900. The van der Waals surface area contributed by atoms with Crippen LogP contribution >= 0.6 is 27.5 Å². The molecule has 2 rings (SSSR count). The molecule has 0 aromatic heterocycles. The predicted octanol–water partition coefficient (Wildman–Crippen LogP) is 3.55. The molecule has 1 aliphatic rings. The van der Waals surface area contributed by atoms with Crippen molar-refractivity contribution in [3.8, 4) is 5.75 Å². The van der Waals surface area contributed by atoms with E-state index in [2.05, 4.69) is 15.9 Å². The average molecular weight is 350 g/mol. The molecule has 0 N–H and O–H groups in total. The minimum Gasteiger partial charge on any atom is -0.487 e. The summed E-state index contributed by atoms with van der Waals surface area (Å²) in [5.41, 5.74) is 1.10. The number of benzene rings is 1. The fourth-order valence-electron chi connectivity index (χ4n) is 2.03. The fraction of sp³-hybridized carbons (Fsp3) is 0.571. The molecule has 0 heterocycles. The second-order valence-corrected chi connectivity index (χ2v) is 6.12. The molecule has 0 spiro atoms. The first-order chi connectivity index (χ1) is 9.11. The number of hydrogen-bond donors (Lipinski definition) is 0. The van der Waals surface area contributed by atoms with Crippen molar-refractivity contribution in [1.29, 1.82) is 0 Å². The number of aryl methyl sites for hydroxylation is 1. The van der Waals surface area contributed by atoms with Gasteiger partial charge >= 0.3 is 0 Å². The van der Waals surface area contributed by atoms with Gasteiger partial charge in [-0.3, -0.25) is 0 Å². The number of hydrogen-bond acceptors (Lipinski definition) is 3. The van der Waals surface area contributed by atoms with Crippen molar-refractivity contribution < 1.29 is 14.2 Å². The first kappa shape index (κ1) is 15.1. The molecular weight excluding hydrogens is 332 g/mol. The van der Waals surface area contributed by atoms with E-state index < -0.39 is 0 Å². The quantitative estimate of drug-likeness (QED) is 0.581. The highest BCUT2D eigenvalue weighted by atomic mass is 79.9. The van der Waals surface area contributed by atoms with Crippen molar-refractivity contribution in [3.63, 3.8) is 0 Å². The van der Waals surface area contributed by atoms with Gasteiger partial charge in [-0.15, -0.1) is 11.6 Å². The van der Waals surface area contributed by atoms with Crippen LogP contribution in [0.3, 0.4) is 0 Å². The van der Waals surface area contributed by atoms with Crippen molar-refractivity contribution in [2.45, 2.75) is 30.9 Å². The number of methoxy groups -OCH3 is 1. The van der Waals surface area contributed by atoms with Gasteiger partial charge in [0.05, 0.1) is 18.6 Å². The Kier molecular flexibility index (Phi) is 5.51. The van der Waals surface area contributed by atoms with Gasteiger partial charge in [-0.2, -0.15) is 0 Å². The summed E-state index contributed by atoms with van der Waals surface area (Å²) in [4.78, 5) is 0. The van der Waals surface area contributed by atoms with Crippen LogP contribution in [0.5, 0.6) is 5.75 Å². The van der Waals surface area contributed by atoms with Crippen LogP contribution in [-0.2, 0) is 9.47 Å². The Hall–Kier alpha value is -0.290. The zero-order valence-electron chi connectivity index (χ0n) is 11.1. The molecule has 106 valence electrons. The van der Waals surface area contributed by atoms with Crippen LogP contribution in [0.15, 0.2) is 22.7 Å². The Bertz CT molecular complexity index is 427. The smallest absolute Gasteiger partial charge is 0.128 e. The third-order valence-corrected chi connectivity index (χ3v) is 4.11. The van der Waals surface area contributed by atoms with Crippen molar-refractivity contribution in [1.82, 2.24) is 0 Å². The second-order valence-electron chi connectivity index (χ2n) is 4.65. The molecule has 0 aliphatic heterocycles. The molecule has 5 heteroatoms. The van der Waals surface area contributed by atoms with Crippen molar-refractivity contribution in [3.05, 3.63) is 28.2 Å². The molecule has 3 unspecified atom stereocenters. The summed E-state index contributed by atoms with van der Waals surface area (Å²) in [7, 11) is 1.65. The van der Waals surface area contributed by atoms with E-state index in [1.165, 1.54) is 0 Å². The van der Waals surface area contributed by atoms with Gasteiger partial charge in [0.2, 0.25) is 0 Å². The van der Waals surface area contributed by atoms with Crippen LogP contribution in [0.1, 0.15) is 12.0 Å². The predicted molar refractivity (Wildman–Crippen MR) is 79.2 cm³/mol. The first-order valence-electron chi connectivity index (χ1n) is 6.29. The van der Waals surface area contributed by atoms with Crippen molar-refractivity contribution >= 4 is 27.5 Å². The summed E-state index contributed by atoms with van der Waals surface area (Å²) >= 11 is 9.61. The summed E-state index contributed by atoms with van der Waals surface area (Å²) in [5, 5.41) is 0.0256. The van der Waals surface area contributed by atoms with Crippen LogP contribution in [0, 0.1) is 6.92 Å². The zero-order chi connectivity index (χ0) is 13.8. The number of rotatable bonds is 6. The van der Waals surface area contributed by atoms with Crippen LogP contribution in [0.25, 0.3) is 0 Å². The van der Waals surface area contributed by atoms with E-state index in [1.54, 1.807) is 7.11 Å². The highest BCUT2D eigenvalue weighted by Crippen LogP contribution is 2.34. The molecule has 1 aromatic carbocycles. The molecule has 19 heavy (non-hydrogen) atoms.